The van der Waals surface area contributed by atoms with Gasteiger partial charge in [0.1, 0.15) is 34.5 Å². The van der Waals surface area contributed by atoms with Gasteiger partial charge in [-0.3, -0.25) is 14.6 Å². The summed E-state index contributed by atoms with van der Waals surface area (Å²) in [6, 6.07) is 17.2. The Labute approximate surface area is 216 Å². The highest BCUT2D eigenvalue weighted by Crippen LogP contribution is 2.34. The van der Waals surface area contributed by atoms with E-state index in [0.717, 1.165) is 10.7 Å². The SMILES string of the molecule is CCC(NC1=C(Nc2cccc(C(=NC)N(C)C)c2O)C(=O)N(c2ccccc2)C1=O)c1ccc(C)o1. The lowest BCUT2D eigenvalue weighted by Gasteiger charge is -2.19. The van der Waals surface area contributed by atoms with Crippen molar-refractivity contribution in [2.24, 2.45) is 4.99 Å². The van der Waals surface area contributed by atoms with Crippen LogP contribution in [-0.4, -0.2) is 48.8 Å². The Morgan fingerprint density at radius 3 is 2.32 bits per heavy atom. The minimum atomic E-state index is -0.536. The second-order valence-corrected chi connectivity index (χ2v) is 8.85. The molecule has 9 heteroatoms. The van der Waals surface area contributed by atoms with Crippen molar-refractivity contribution in [3.63, 3.8) is 0 Å². The van der Waals surface area contributed by atoms with Crippen LogP contribution in [0.1, 0.15) is 36.5 Å². The quantitative estimate of drug-likeness (QED) is 0.184. The van der Waals surface area contributed by atoms with Crippen LogP contribution in [0.2, 0.25) is 0 Å². The summed E-state index contributed by atoms with van der Waals surface area (Å²) >= 11 is 0. The minimum Gasteiger partial charge on any atom is -0.505 e. The number of benzene rings is 2. The predicted octanol–water partition coefficient (Wildman–Crippen LogP) is 4.17. The number of nitrogens with zero attached hydrogens (tertiary/aromatic N) is 3. The number of amides is 2. The highest BCUT2D eigenvalue weighted by Gasteiger charge is 2.41. The lowest BCUT2D eigenvalue weighted by Crippen LogP contribution is -2.34. The molecule has 37 heavy (non-hydrogen) atoms. The lowest BCUT2D eigenvalue weighted by molar-refractivity contribution is -0.120. The highest BCUT2D eigenvalue weighted by molar-refractivity contribution is 6.33. The second kappa shape index (κ2) is 10.6. The first-order valence-corrected chi connectivity index (χ1v) is 12.0. The number of carbonyl (C=O) groups excluding carboxylic acids is 2. The molecule has 2 heterocycles. The Morgan fingerprint density at radius 1 is 1.03 bits per heavy atom. The van der Waals surface area contributed by atoms with Crippen LogP contribution in [0.15, 0.2) is 81.5 Å². The van der Waals surface area contributed by atoms with Crippen molar-refractivity contribution in [2.45, 2.75) is 26.3 Å². The largest absolute Gasteiger partial charge is 0.505 e. The molecular formula is C28H31N5O4. The van der Waals surface area contributed by atoms with Crippen molar-refractivity contribution in [1.29, 1.82) is 0 Å². The number of aromatic hydroxyl groups is 1. The first-order chi connectivity index (χ1) is 17.8. The van der Waals surface area contributed by atoms with Gasteiger partial charge in [-0.2, -0.15) is 0 Å². The Hall–Kier alpha value is -4.53. The monoisotopic (exact) mass is 501 g/mol. The van der Waals surface area contributed by atoms with Crippen molar-refractivity contribution < 1.29 is 19.1 Å². The number of aryl methyl sites for hydroxylation is 1. The van der Waals surface area contributed by atoms with E-state index in [9.17, 15) is 14.7 Å². The van der Waals surface area contributed by atoms with Crippen LogP contribution >= 0.6 is 0 Å². The van der Waals surface area contributed by atoms with E-state index < -0.39 is 11.8 Å². The van der Waals surface area contributed by atoms with Crippen molar-refractivity contribution in [3.05, 3.63) is 89.1 Å². The molecule has 1 aliphatic heterocycles. The van der Waals surface area contributed by atoms with Gasteiger partial charge in [0.2, 0.25) is 0 Å². The number of carbonyl (C=O) groups is 2. The summed E-state index contributed by atoms with van der Waals surface area (Å²) in [4.78, 5) is 34.4. The van der Waals surface area contributed by atoms with Crippen LogP contribution in [0.3, 0.4) is 0 Å². The third-order valence-electron chi connectivity index (χ3n) is 6.10. The van der Waals surface area contributed by atoms with Gasteiger partial charge in [0.15, 0.2) is 0 Å². The maximum Gasteiger partial charge on any atom is 0.284 e. The van der Waals surface area contributed by atoms with Gasteiger partial charge >= 0.3 is 0 Å². The summed E-state index contributed by atoms with van der Waals surface area (Å²) in [5.74, 6) is 0.845. The minimum absolute atomic E-state index is 0.0304. The molecule has 3 N–H and O–H groups in total. The molecule has 2 amide bonds. The third-order valence-corrected chi connectivity index (χ3v) is 6.10. The molecule has 9 nitrogen and oxygen atoms in total. The Bertz CT molecular complexity index is 1370. The van der Waals surface area contributed by atoms with Gasteiger partial charge in [-0.05, 0) is 49.7 Å². The molecule has 0 saturated heterocycles. The molecule has 0 radical (unpaired) electrons. The van der Waals surface area contributed by atoms with E-state index in [1.807, 2.05) is 46.1 Å². The summed E-state index contributed by atoms with van der Waals surface area (Å²) in [6.45, 7) is 3.81. The number of nitrogens with one attached hydrogen (secondary N) is 2. The highest BCUT2D eigenvalue weighted by atomic mass is 16.3. The van der Waals surface area contributed by atoms with Gasteiger partial charge in [0.25, 0.3) is 11.8 Å². The molecule has 0 fully saturated rings. The molecule has 1 aromatic heterocycles. The van der Waals surface area contributed by atoms with E-state index in [4.69, 9.17) is 4.42 Å². The standard InChI is InChI=1S/C28H31N5O4/c1-6-20(22-16-15-17(2)37-22)30-23-24(28(36)33(27(23)35)18-11-8-7-9-12-18)31-21-14-10-13-19(25(21)34)26(29-3)32(4)5/h7-16,20,30-31,34H,6H2,1-5H3. The fourth-order valence-corrected chi connectivity index (χ4v) is 4.30. The molecule has 3 aromatic rings. The van der Waals surface area contributed by atoms with E-state index in [0.29, 0.717) is 29.3 Å². The number of amidine groups is 1. The molecule has 1 aliphatic rings. The fourth-order valence-electron chi connectivity index (χ4n) is 4.30. The molecule has 0 aliphatic carbocycles. The first kappa shape index (κ1) is 25.6. The van der Waals surface area contributed by atoms with Crippen molar-refractivity contribution >= 4 is 29.0 Å². The Balaban J connectivity index is 1.78. The van der Waals surface area contributed by atoms with Crippen LogP contribution in [-0.2, 0) is 9.59 Å². The van der Waals surface area contributed by atoms with Gasteiger partial charge in [0, 0.05) is 21.1 Å². The Kier molecular flexibility index (Phi) is 7.33. The average molecular weight is 502 g/mol. The van der Waals surface area contributed by atoms with Crippen LogP contribution in [0.5, 0.6) is 5.75 Å². The topological polar surface area (TPSA) is 110 Å². The third kappa shape index (κ3) is 4.93. The fraction of sp³-hybridized carbons (Fsp3) is 0.250. The maximum absolute atomic E-state index is 13.6. The zero-order valence-corrected chi connectivity index (χ0v) is 21.6. The number of aliphatic imine (C=N–C) groups is 1. The molecule has 4 rings (SSSR count). The number of imide groups is 1. The number of phenolic OH excluding ortho intramolecular Hbond substituents is 1. The second-order valence-electron chi connectivity index (χ2n) is 8.85. The van der Waals surface area contributed by atoms with Crippen LogP contribution in [0.25, 0.3) is 0 Å². The maximum atomic E-state index is 13.6. The summed E-state index contributed by atoms with van der Waals surface area (Å²) in [5.41, 5.74) is 1.33. The van der Waals surface area contributed by atoms with Crippen LogP contribution in [0, 0.1) is 6.92 Å². The van der Waals surface area contributed by atoms with E-state index in [1.54, 1.807) is 54.4 Å². The number of anilines is 2. The van der Waals surface area contributed by atoms with Gasteiger partial charge in [-0.15, -0.1) is 0 Å². The molecule has 0 bridgehead atoms. The normalized spacial score (nSPS) is 14.8. The molecule has 0 saturated carbocycles. The van der Waals surface area contributed by atoms with Crippen molar-refractivity contribution in [1.82, 2.24) is 10.2 Å². The molecule has 1 atom stereocenters. The Morgan fingerprint density at radius 2 is 1.73 bits per heavy atom. The number of furan rings is 1. The summed E-state index contributed by atoms with van der Waals surface area (Å²) < 4.78 is 5.80. The summed E-state index contributed by atoms with van der Waals surface area (Å²) in [7, 11) is 5.28. The predicted molar refractivity (Wildman–Crippen MR) is 143 cm³/mol. The van der Waals surface area contributed by atoms with E-state index in [-0.39, 0.29) is 28.9 Å². The number of phenols is 1. The summed E-state index contributed by atoms with van der Waals surface area (Å²) in [6.07, 6.45) is 0.608. The van der Waals surface area contributed by atoms with Crippen molar-refractivity contribution in [2.75, 3.05) is 31.4 Å². The first-order valence-electron chi connectivity index (χ1n) is 12.0. The number of hydrogen-bond acceptors (Lipinski definition) is 7. The van der Waals surface area contributed by atoms with Gasteiger partial charge in [-0.1, -0.05) is 31.2 Å². The molecule has 0 spiro atoms. The molecule has 192 valence electrons. The molecule has 1 unspecified atom stereocenters. The zero-order chi connectivity index (χ0) is 26.7. The van der Waals surface area contributed by atoms with Gasteiger partial charge < -0.3 is 25.1 Å². The number of para-hydroxylation sites is 2. The van der Waals surface area contributed by atoms with E-state index in [2.05, 4.69) is 15.6 Å². The molecular weight excluding hydrogens is 470 g/mol. The van der Waals surface area contributed by atoms with E-state index in [1.165, 1.54) is 0 Å². The van der Waals surface area contributed by atoms with Crippen molar-refractivity contribution in [3.8, 4) is 5.75 Å². The number of rotatable bonds is 8. The summed E-state index contributed by atoms with van der Waals surface area (Å²) in [5, 5.41) is 17.4. The molecule has 2 aromatic carbocycles. The zero-order valence-electron chi connectivity index (χ0n) is 21.6. The van der Waals surface area contributed by atoms with Crippen LogP contribution < -0.4 is 15.5 Å². The number of hydrogen-bond donors (Lipinski definition) is 3. The smallest absolute Gasteiger partial charge is 0.284 e. The van der Waals surface area contributed by atoms with Crippen LogP contribution in [0.4, 0.5) is 11.4 Å². The lowest BCUT2D eigenvalue weighted by atomic mass is 10.1. The van der Waals surface area contributed by atoms with E-state index >= 15 is 0 Å². The van der Waals surface area contributed by atoms with Gasteiger partial charge in [0.05, 0.1) is 23.0 Å². The average Bonchev–Trinajstić information content (AvgIpc) is 3.41. The van der Waals surface area contributed by atoms with Gasteiger partial charge in [-0.25, -0.2) is 4.90 Å².